The lowest BCUT2D eigenvalue weighted by atomic mass is 9.97. The molecule has 5 rings (SSSR count). The van der Waals surface area contributed by atoms with Gasteiger partial charge in [-0.1, -0.05) is 12.1 Å². The fourth-order valence-corrected chi connectivity index (χ4v) is 5.07. The third-order valence-corrected chi connectivity index (χ3v) is 6.93. The highest BCUT2D eigenvalue weighted by Gasteiger charge is 2.29. The number of halogens is 1. The van der Waals surface area contributed by atoms with Gasteiger partial charge in [-0.25, -0.2) is 14.2 Å². The number of nitrogens with zero attached hydrogens (tertiary/aromatic N) is 3. The minimum atomic E-state index is -0.589. The Hall–Kier alpha value is -4.40. The first-order valence-corrected chi connectivity index (χ1v) is 13.7. The van der Waals surface area contributed by atoms with E-state index in [1.807, 2.05) is 45.0 Å². The fourth-order valence-electron chi connectivity index (χ4n) is 5.07. The van der Waals surface area contributed by atoms with Crippen molar-refractivity contribution in [3.05, 3.63) is 82.9 Å². The van der Waals surface area contributed by atoms with E-state index in [-0.39, 0.29) is 23.4 Å². The van der Waals surface area contributed by atoms with Crippen molar-refractivity contribution in [1.29, 1.82) is 0 Å². The molecule has 0 saturated carbocycles. The summed E-state index contributed by atoms with van der Waals surface area (Å²) in [6.45, 7) is 6.98. The van der Waals surface area contributed by atoms with Gasteiger partial charge in [0.2, 0.25) is 0 Å². The molecule has 1 fully saturated rings. The minimum Gasteiger partial charge on any atom is -0.496 e. The number of benzene rings is 3. The van der Waals surface area contributed by atoms with Gasteiger partial charge in [-0.3, -0.25) is 9.36 Å². The lowest BCUT2D eigenvalue weighted by Crippen LogP contribution is -2.44. The maximum absolute atomic E-state index is 14.1. The van der Waals surface area contributed by atoms with Crippen molar-refractivity contribution in [3.8, 4) is 28.6 Å². The predicted molar refractivity (Wildman–Crippen MR) is 155 cm³/mol. The molecule has 0 bridgehead atoms. The van der Waals surface area contributed by atoms with Crippen molar-refractivity contribution in [1.82, 2.24) is 14.5 Å². The van der Waals surface area contributed by atoms with Crippen LogP contribution in [-0.2, 0) is 11.3 Å². The molecule has 0 N–H and O–H groups in total. The number of carbonyl (C=O) groups excluding carboxylic acids is 1. The van der Waals surface area contributed by atoms with Crippen molar-refractivity contribution in [2.75, 3.05) is 20.2 Å². The highest BCUT2D eigenvalue weighted by molar-refractivity contribution is 5.82. The van der Waals surface area contributed by atoms with Crippen LogP contribution in [0.25, 0.3) is 22.3 Å². The van der Waals surface area contributed by atoms with Crippen LogP contribution in [-0.4, -0.2) is 46.3 Å². The van der Waals surface area contributed by atoms with Gasteiger partial charge in [0.25, 0.3) is 5.56 Å². The number of aromatic nitrogens is 2. The molecular formula is C32H34FN3O5. The van der Waals surface area contributed by atoms with Crippen LogP contribution in [0.5, 0.6) is 17.2 Å². The van der Waals surface area contributed by atoms with Gasteiger partial charge in [0.15, 0.2) is 0 Å². The van der Waals surface area contributed by atoms with E-state index >= 15 is 0 Å². The molecule has 1 aromatic heterocycles. The van der Waals surface area contributed by atoms with Crippen LogP contribution in [0.3, 0.4) is 0 Å². The molecule has 0 radical (unpaired) electrons. The molecule has 3 aromatic carbocycles. The molecule has 1 unspecified atom stereocenters. The van der Waals surface area contributed by atoms with Crippen LogP contribution >= 0.6 is 0 Å². The van der Waals surface area contributed by atoms with Gasteiger partial charge < -0.3 is 19.1 Å². The number of piperidine rings is 1. The highest BCUT2D eigenvalue weighted by Crippen LogP contribution is 2.31. The number of likely N-dealkylation sites (tertiary alicyclic amines) is 1. The second-order valence-corrected chi connectivity index (χ2v) is 11.2. The van der Waals surface area contributed by atoms with Crippen molar-refractivity contribution >= 4 is 17.0 Å². The van der Waals surface area contributed by atoms with Crippen LogP contribution in [0, 0.1) is 11.7 Å². The summed E-state index contributed by atoms with van der Waals surface area (Å²) in [7, 11) is 1.58. The zero-order chi connectivity index (χ0) is 29.1. The third kappa shape index (κ3) is 6.51. The van der Waals surface area contributed by atoms with Crippen LogP contribution in [0.15, 0.2) is 71.5 Å². The number of hydrogen-bond acceptors (Lipinski definition) is 6. The average molecular weight is 560 g/mol. The molecule has 1 aliphatic rings. The zero-order valence-electron chi connectivity index (χ0n) is 23.7. The van der Waals surface area contributed by atoms with E-state index in [2.05, 4.69) is 0 Å². The Labute approximate surface area is 238 Å². The standard InChI is InChI=1S/C32H34FN3O5/c1-32(2,3)41-31(38)35-17-7-8-21(19-35)20-36-29(25-9-5-6-10-28(25)39-4)34-27-16-15-24(18-26(27)30(36)37)40-23-13-11-22(33)12-14-23/h5-6,9-16,18,21H,7-8,17,19-20H2,1-4H3. The summed E-state index contributed by atoms with van der Waals surface area (Å²) < 4.78 is 32.1. The minimum absolute atomic E-state index is 0.0142. The average Bonchev–Trinajstić information content (AvgIpc) is 2.95. The fraction of sp³-hybridized carbons (Fsp3) is 0.344. The van der Waals surface area contributed by atoms with E-state index < -0.39 is 5.60 Å². The van der Waals surface area contributed by atoms with E-state index in [0.717, 1.165) is 12.8 Å². The summed E-state index contributed by atoms with van der Waals surface area (Å²) >= 11 is 0. The van der Waals surface area contributed by atoms with Gasteiger partial charge in [0, 0.05) is 19.6 Å². The van der Waals surface area contributed by atoms with E-state index in [4.69, 9.17) is 19.2 Å². The SMILES string of the molecule is COc1ccccc1-c1nc2ccc(Oc3ccc(F)cc3)cc2c(=O)n1CC1CCCN(C(=O)OC(C)(C)C)C1. The van der Waals surface area contributed by atoms with E-state index in [1.165, 1.54) is 24.3 Å². The first-order chi connectivity index (χ1) is 19.6. The lowest BCUT2D eigenvalue weighted by molar-refractivity contribution is 0.0157. The monoisotopic (exact) mass is 559 g/mol. The summed E-state index contributed by atoms with van der Waals surface area (Å²) in [5.74, 6) is 1.63. The largest absolute Gasteiger partial charge is 0.496 e. The number of methoxy groups -OCH3 is 1. The van der Waals surface area contributed by atoms with Gasteiger partial charge in [0.05, 0.1) is 23.6 Å². The van der Waals surface area contributed by atoms with Crippen molar-refractivity contribution in [2.45, 2.75) is 45.8 Å². The van der Waals surface area contributed by atoms with Crippen molar-refractivity contribution in [2.24, 2.45) is 5.92 Å². The van der Waals surface area contributed by atoms with Gasteiger partial charge >= 0.3 is 6.09 Å². The maximum atomic E-state index is 14.1. The van der Waals surface area contributed by atoms with Crippen molar-refractivity contribution in [3.63, 3.8) is 0 Å². The molecule has 0 aliphatic carbocycles. The van der Waals surface area contributed by atoms with E-state index in [9.17, 15) is 14.0 Å². The van der Waals surface area contributed by atoms with Gasteiger partial charge in [-0.15, -0.1) is 0 Å². The normalized spacial score (nSPS) is 15.5. The first-order valence-electron chi connectivity index (χ1n) is 13.7. The molecule has 1 saturated heterocycles. The summed E-state index contributed by atoms with van der Waals surface area (Å²) in [4.78, 5) is 33.6. The second kappa shape index (κ2) is 11.6. The molecule has 1 amide bonds. The summed E-state index contributed by atoms with van der Waals surface area (Å²) in [5, 5.41) is 0.392. The smallest absolute Gasteiger partial charge is 0.410 e. The van der Waals surface area contributed by atoms with E-state index in [1.54, 1.807) is 34.8 Å². The Morgan fingerprint density at radius 1 is 1.05 bits per heavy atom. The quantitative estimate of drug-likeness (QED) is 0.263. The summed E-state index contributed by atoms with van der Waals surface area (Å²) in [5.41, 5.74) is 0.390. The molecule has 214 valence electrons. The summed E-state index contributed by atoms with van der Waals surface area (Å²) in [6, 6.07) is 18.3. The molecule has 2 heterocycles. The number of carbonyl (C=O) groups is 1. The number of ether oxygens (including phenoxy) is 3. The molecule has 8 nitrogen and oxygen atoms in total. The first kappa shape index (κ1) is 28.1. The number of rotatable bonds is 6. The highest BCUT2D eigenvalue weighted by atomic mass is 19.1. The maximum Gasteiger partial charge on any atom is 0.410 e. The van der Waals surface area contributed by atoms with Crippen LogP contribution in [0.2, 0.25) is 0 Å². The second-order valence-electron chi connectivity index (χ2n) is 11.2. The summed E-state index contributed by atoms with van der Waals surface area (Å²) in [6.07, 6.45) is 1.31. The molecule has 9 heteroatoms. The van der Waals surface area contributed by atoms with Crippen LogP contribution < -0.4 is 15.0 Å². The molecule has 41 heavy (non-hydrogen) atoms. The number of fused-ring (bicyclic) bond motifs is 1. The molecule has 0 spiro atoms. The van der Waals surface area contributed by atoms with Gasteiger partial charge in [-0.05, 0) is 94.1 Å². The Bertz CT molecular complexity index is 1610. The lowest BCUT2D eigenvalue weighted by Gasteiger charge is -2.34. The van der Waals surface area contributed by atoms with Crippen molar-refractivity contribution < 1.29 is 23.4 Å². The Kier molecular flexibility index (Phi) is 7.97. The van der Waals surface area contributed by atoms with E-state index in [0.29, 0.717) is 59.2 Å². The molecule has 1 aliphatic heterocycles. The van der Waals surface area contributed by atoms with Gasteiger partial charge in [0.1, 0.15) is 34.5 Å². The topological polar surface area (TPSA) is 82.9 Å². The Balaban J connectivity index is 1.54. The van der Waals surface area contributed by atoms with Gasteiger partial charge in [-0.2, -0.15) is 0 Å². The number of hydrogen-bond donors (Lipinski definition) is 0. The Morgan fingerprint density at radius 2 is 1.78 bits per heavy atom. The number of para-hydroxylation sites is 1. The predicted octanol–water partition coefficient (Wildman–Crippen LogP) is 6.65. The van der Waals surface area contributed by atoms with Crippen LogP contribution in [0.4, 0.5) is 9.18 Å². The molecular weight excluding hydrogens is 525 g/mol. The van der Waals surface area contributed by atoms with Crippen LogP contribution in [0.1, 0.15) is 33.6 Å². The third-order valence-electron chi connectivity index (χ3n) is 6.93. The zero-order valence-corrected chi connectivity index (χ0v) is 23.7. The molecule has 4 aromatic rings. The number of amides is 1. The molecule has 1 atom stereocenters. The Morgan fingerprint density at radius 3 is 2.51 bits per heavy atom.